The van der Waals surface area contributed by atoms with Gasteiger partial charge in [-0.05, 0) is 30.9 Å². The molecule has 1 atom stereocenters. The first-order chi connectivity index (χ1) is 7.27. The predicted octanol–water partition coefficient (Wildman–Crippen LogP) is 2.52. The van der Waals surface area contributed by atoms with E-state index in [1.807, 2.05) is 0 Å². The summed E-state index contributed by atoms with van der Waals surface area (Å²) in [6.45, 7) is 1.57. The molecule has 0 heterocycles. The summed E-state index contributed by atoms with van der Waals surface area (Å²) in [6, 6.07) is 3.06. The summed E-state index contributed by atoms with van der Waals surface area (Å²) < 4.78 is 23.2. The minimum absolute atomic E-state index is 0.170. The number of aliphatic hydroxyl groups excluding tert-OH is 1. The number of hydrogen-bond acceptors (Lipinski definition) is 4. The molecule has 1 N–H and O–H groups in total. The molecule has 1 aromatic rings. The van der Waals surface area contributed by atoms with Crippen LogP contribution in [0.3, 0.4) is 0 Å². The average Bonchev–Trinajstić information content (AvgIpc) is 2.14. The number of rotatable bonds is 3. The summed E-state index contributed by atoms with van der Waals surface area (Å²) in [5, 5.41) is 9.79. The molecule has 1 rings (SSSR count). The van der Waals surface area contributed by atoms with Crippen molar-refractivity contribution in [2.24, 2.45) is 0 Å². The highest BCUT2D eigenvalue weighted by molar-refractivity contribution is 7.99. The maximum atomic E-state index is 11.6. The molecule has 6 heteroatoms. The van der Waals surface area contributed by atoms with Crippen molar-refractivity contribution in [3.05, 3.63) is 22.7 Å². The summed E-state index contributed by atoms with van der Waals surface area (Å²) in [5.74, 6) is 0. The van der Waals surface area contributed by atoms with Crippen LogP contribution in [-0.2, 0) is 9.84 Å². The molecule has 90 valence electrons. The number of sulfone groups is 1. The SMILES string of the molecule is CSc1c(Cl)cc(C(C)O)cc1S(C)(=O)=O. The molecular weight excluding hydrogens is 268 g/mol. The van der Waals surface area contributed by atoms with Crippen molar-refractivity contribution in [3.63, 3.8) is 0 Å². The molecule has 0 radical (unpaired) electrons. The van der Waals surface area contributed by atoms with Crippen molar-refractivity contribution < 1.29 is 13.5 Å². The van der Waals surface area contributed by atoms with E-state index < -0.39 is 15.9 Å². The molecule has 1 aromatic carbocycles. The van der Waals surface area contributed by atoms with Crippen LogP contribution in [0, 0.1) is 0 Å². The Balaban J connectivity index is 3.56. The van der Waals surface area contributed by atoms with Gasteiger partial charge in [-0.2, -0.15) is 0 Å². The van der Waals surface area contributed by atoms with Crippen LogP contribution in [0.5, 0.6) is 0 Å². The lowest BCUT2D eigenvalue weighted by Crippen LogP contribution is -2.03. The van der Waals surface area contributed by atoms with Crippen LogP contribution in [0.1, 0.15) is 18.6 Å². The largest absolute Gasteiger partial charge is 0.389 e. The molecule has 0 saturated heterocycles. The summed E-state index contributed by atoms with van der Waals surface area (Å²) >= 11 is 7.26. The van der Waals surface area contributed by atoms with E-state index in [1.54, 1.807) is 19.2 Å². The van der Waals surface area contributed by atoms with Gasteiger partial charge in [0.25, 0.3) is 0 Å². The number of thioether (sulfide) groups is 1. The number of aliphatic hydroxyl groups is 1. The average molecular weight is 281 g/mol. The van der Waals surface area contributed by atoms with E-state index in [0.717, 1.165) is 6.26 Å². The van der Waals surface area contributed by atoms with Crippen LogP contribution in [0.25, 0.3) is 0 Å². The van der Waals surface area contributed by atoms with Gasteiger partial charge < -0.3 is 5.11 Å². The fourth-order valence-electron chi connectivity index (χ4n) is 1.30. The fraction of sp³-hybridized carbons (Fsp3) is 0.400. The van der Waals surface area contributed by atoms with Gasteiger partial charge in [0.15, 0.2) is 9.84 Å². The van der Waals surface area contributed by atoms with E-state index in [-0.39, 0.29) is 4.90 Å². The van der Waals surface area contributed by atoms with E-state index >= 15 is 0 Å². The molecule has 0 aliphatic carbocycles. The molecule has 0 fully saturated rings. The van der Waals surface area contributed by atoms with Crippen LogP contribution in [0.4, 0.5) is 0 Å². The molecule has 0 spiro atoms. The van der Waals surface area contributed by atoms with E-state index in [4.69, 9.17) is 11.6 Å². The standard InChI is InChI=1S/C10H13ClO3S2/c1-6(12)7-4-8(11)10(15-2)9(5-7)16(3,13)14/h4-6,12H,1-3H3. The Morgan fingerprint density at radius 1 is 1.44 bits per heavy atom. The van der Waals surface area contributed by atoms with E-state index in [1.165, 1.54) is 17.8 Å². The molecule has 0 aromatic heterocycles. The van der Waals surface area contributed by atoms with E-state index in [0.29, 0.717) is 15.5 Å². The van der Waals surface area contributed by atoms with Crippen LogP contribution in [-0.4, -0.2) is 26.0 Å². The molecule has 0 amide bonds. The Morgan fingerprint density at radius 3 is 2.38 bits per heavy atom. The highest BCUT2D eigenvalue weighted by Gasteiger charge is 2.18. The molecule has 0 saturated carbocycles. The topological polar surface area (TPSA) is 54.4 Å². The third kappa shape index (κ3) is 2.91. The van der Waals surface area contributed by atoms with Gasteiger partial charge in [0.2, 0.25) is 0 Å². The summed E-state index contributed by atoms with van der Waals surface area (Å²) in [7, 11) is -3.34. The van der Waals surface area contributed by atoms with Gasteiger partial charge in [-0.15, -0.1) is 11.8 Å². The lowest BCUT2D eigenvalue weighted by molar-refractivity contribution is 0.199. The Kier molecular flexibility index (Phi) is 4.29. The Bertz CT molecular complexity index is 495. The molecule has 16 heavy (non-hydrogen) atoms. The zero-order chi connectivity index (χ0) is 12.5. The molecule has 3 nitrogen and oxygen atoms in total. The minimum atomic E-state index is -3.34. The predicted molar refractivity (Wildman–Crippen MR) is 67.0 cm³/mol. The van der Waals surface area contributed by atoms with E-state index in [9.17, 15) is 13.5 Å². The van der Waals surface area contributed by atoms with Crippen molar-refractivity contribution in [1.29, 1.82) is 0 Å². The van der Waals surface area contributed by atoms with Crippen LogP contribution in [0.2, 0.25) is 5.02 Å². The zero-order valence-electron chi connectivity index (χ0n) is 9.19. The Labute approximate surface area is 105 Å². The molecule has 0 bridgehead atoms. The fourth-order valence-corrected chi connectivity index (χ4v) is 3.83. The molecule has 0 aliphatic rings. The maximum absolute atomic E-state index is 11.6. The normalized spacial score (nSPS) is 13.8. The van der Waals surface area contributed by atoms with Crippen LogP contribution in [0.15, 0.2) is 21.9 Å². The minimum Gasteiger partial charge on any atom is -0.389 e. The second-order valence-electron chi connectivity index (χ2n) is 3.48. The number of halogens is 1. The van der Waals surface area contributed by atoms with Crippen molar-refractivity contribution in [3.8, 4) is 0 Å². The number of benzene rings is 1. The highest BCUT2D eigenvalue weighted by Crippen LogP contribution is 2.34. The van der Waals surface area contributed by atoms with Gasteiger partial charge in [-0.3, -0.25) is 0 Å². The first-order valence-electron chi connectivity index (χ1n) is 4.53. The van der Waals surface area contributed by atoms with Gasteiger partial charge >= 0.3 is 0 Å². The Hall–Kier alpha value is -0.230. The van der Waals surface area contributed by atoms with Gasteiger partial charge in [-0.25, -0.2) is 8.42 Å². The first kappa shape index (κ1) is 13.8. The third-order valence-electron chi connectivity index (χ3n) is 2.12. The zero-order valence-corrected chi connectivity index (χ0v) is 11.6. The van der Waals surface area contributed by atoms with E-state index in [2.05, 4.69) is 0 Å². The van der Waals surface area contributed by atoms with Gasteiger partial charge in [-0.1, -0.05) is 11.6 Å². The van der Waals surface area contributed by atoms with Gasteiger partial charge in [0.05, 0.1) is 16.0 Å². The number of hydrogen-bond donors (Lipinski definition) is 1. The molecule has 0 aliphatic heterocycles. The highest BCUT2D eigenvalue weighted by atomic mass is 35.5. The third-order valence-corrected chi connectivity index (χ3v) is 4.63. The quantitative estimate of drug-likeness (QED) is 0.865. The lowest BCUT2D eigenvalue weighted by Gasteiger charge is -2.12. The lowest BCUT2D eigenvalue weighted by atomic mass is 10.1. The van der Waals surface area contributed by atoms with Gasteiger partial charge in [0, 0.05) is 11.2 Å². The summed E-state index contributed by atoms with van der Waals surface area (Å²) in [5.41, 5.74) is 0.503. The Morgan fingerprint density at radius 2 is 2.00 bits per heavy atom. The molecule has 1 unspecified atom stereocenters. The monoisotopic (exact) mass is 280 g/mol. The maximum Gasteiger partial charge on any atom is 0.176 e. The van der Waals surface area contributed by atoms with Crippen LogP contribution < -0.4 is 0 Å². The summed E-state index contributed by atoms with van der Waals surface area (Å²) in [4.78, 5) is 0.692. The molecular formula is C10H13ClO3S2. The second-order valence-corrected chi connectivity index (χ2v) is 6.69. The van der Waals surface area contributed by atoms with Crippen molar-refractivity contribution in [2.45, 2.75) is 22.8 Å². The second kappa shape index (κ2) is 4.96. The summed E-state index contributed by atoms with van der Waals surface area (Å²) in [6.07, 6.45) is 2.15. The first-order valence-corrected chi connectivity index (χ1v) is 8.02. The van der Waals surface area contributed by atoms with Crippen molar-refractivity contribution in [2.75, 3.05) is 12.5 Å². The van der Waals surface area contributed by atoms with Crippen molar-refractivity contribution >= 4 is 33.2 Å². The van der Waals surface area contributed by atoms with Crippen LogP contribution >= 0.6 is 23.4 Å². The smallest absolute Gasteiger partial charge is 0.176 e. The van der Waals surface area contributed by atoms with Gasteiger partial charge in [0.1, 0.15) is 0 Å². The van der Waals surface area contributed by atoms with Crippen molar-refractivity contribution in [1.82, 2.24) is 0 Å².